The monoisotopic (exact) mass is 489 g/mol. The second kappa shape index (κ2) is 11.0. The Balaban J connectivity index is 1.58. The molecule has 0 spiro atoms. The van der Waals surface area contributed by atoms with E-state index in [1.54, 1.807) is 0 Å². The van der Waals surface area contributed by atoms with Gasteiger partial charge in [-0.3, -0.25) is 14.7 Å². The molecule has 1 atom stereocenters. The summed E-state index contributed by atoms with van der Waals surface area (Å²) in [4.78, 5) is 32.5. The summed E-state index contributed by atoms with van der Waals surface area (Å²) >= 11 is 0. The molecule has 190 valence electrons. The van der Waals surface area contributed by atoms with Gasteiger partial charge in [0.2, 0.25) is 11.9 Å². The first-order chi connectivity index (χ1) is 17.2. The number of aryl methyl sites for hydroxylation is 1. The number of benzene rings is 2. The van der Waals surface area contributed by atoms with Crippen LogP contribution in [0.3, 0.4) is 0 Å². The molecule has 0 aliphatic carbocycles. The smallest absolute Gasteiger partial charge is 0.318 e. The number of amides is 3. The van der Waals surface area contributed by atoms with Gasteiger partial charge in [0, 0.05) is 36.1 Å². The third-order valence-electron chi connectivity index (χ3n) is 5.86. The average molecular weight is 490 g/mol. The van der Waals surface area contributed by atoms with Crippen LogP contribution in [0.25, 0.3) is 16.9 Å². The van der Waals surface area contributed by atoms with Crippen LogP contribution in [0.15, 0.2) is 60.8 Å². The molecule has 8 heteroatoms. The molecule has 1 aliphatic rings. The summed E-state index contributed by atoms with van der Waals surface area (Å²) in [5.74, 6) is 0.0777. The number of ether oxygens (including phenoxy) is 1. The van der Waals surface area contributed by atoms with Crippen molar-refractivity contribution >= 4 is 17.9 Å². The van der Waals surface area contributed by atoms with E-state index in [4.69, 9.17) is 9.72 Å². The number of anilines is 1. The van der Waals surface area contributed by atoms with Gasteiger partial charge in [-0.15, -0.1) is 0 Å². The van der Waals surface area contributed by atoms with Crippen LogP contribution >= 0.6 is 0 Å². The molecule has 1 aromatic heterocycles. The maximum Gasteiger partial charge on any atom is 0.318 e. The van der Waals surface area contributed by atoms with E-state index in [1.165, 1.54) is 4.90 Å². The van der Waals surface area contributed by atoms with Gasteiger partial charge in [-0.05, 0) is 58.2 Å². The van der Waals surface area contributed by atoms with Gasteiger partial charge in [-0.25, -0.2) is 9.78 Å². The van der Waals surface area contributed by atoms with Gasteiger partial charge in [0.25, 0.3) is 0 Å². The van der Waals surface area contributed by atoms with Crippen LogP contribution in [0.2, 0.25) is 0 Å². The van der Waals surface area contributed by atoms with Gasteiger partial charge in [0.05, 0.1) is 11.8 Å². The fraction of sp³-hybridized carbons (Fsp3) is 0.393. The van der Waals surface area contributed by atoms with Gasteiger partial charge >= 0.3 is 6.03 Å². The lowest BCUT2D eigenvalue weighted by atomic mass is 10.1. The quantitative estimate of drug-likeness (QED) is 0.500. The summed E-state index contributed by atoms with van der Waals surface area (Å²) in [7, 11) is 0. The van der Waals surface area contributed by atoms with Crippen molar-refractivity contribution in [3.63, 3.8) is 0 Å². The number of hydrogen-bond donors (Lipinski definition) is 2. The second-order valence-electron chi connectivity index (χ2n) is 10.3. The molecule has 0 saturated carbocycles. The number of aromatic nitrogens is 2. The van der Waals surface area contributed by atoms with Crippen molar-refractivity contribution in [2.24, 2.45) is 0 Å². The summed E-state index contributed by atoms with van der Waals surface area (Å²) in [5.41, 5.74) is 3.26. The van der Waals surface area contributed by atoms with E-state index < -0.39 is 5.54 Å². The molecular formula is C28H35N5O3. The predicted molar refractivity (Wildman–Crippen MR) is 141 cm³/mol. The van der Waals surface area contributed by atoms with Crippen molar-refractivity contribution in [3.05, 3.63) is 66.4 Å². The molecule has 1 saturated heterocycles. The molecule has 1 aliphatic heterocycles. The van der Waals surface area contributed by atoms with Gasteiger partial charge in [0.15, 0.2) is 0 Å². The number of nitrogens with one attached hydrogen (secondary N) is 2. The number of rotatable bonds is 7. The summed E-state index contributed by atoms with van der Waals surface area (Å²) in [6, 6.07) is 17.5. The van der Waals surface area contributed by atoms with Crippen molar-refractivity contribution in [1.29, 1.82) is 0 Å². The highest BCUT2D eigenvalue weighted by molar-refractivity contribution is 5.93. The van der Waals surface area contributed by atoms with Crippen LogP contribution < -0.4 is 10.6 Å². The Kier molecular flexibility index (Phi) is 7.74. The SMILES string of the molecule is Cc1cccc(-n2cc(-c3ccccc3)nc2NC(=O)CN(CC2CCCO2)C(=O)NC(C)(C)C)c1. The molecule has 2 N–H and O–H groups in total. The zero-order valence-electron chi connectivity index (χ0n) is 21.5. The van der Waals surface area contributed by atoms with Crippen molar-refractivity contribution in [2.75, 3.05) is 25.0 Å². The topological polar surface area (TPSA) is 88.5 Å². The van der Waals surface area contributed by atoms with Crippen molar-refractivity contribution in [1.82, 2.24) is 19.8 Å². The molecule has 3 aromatic rings. The first kappa shape index (κ1) is 25.4. The van der Waals surface area contributed by atoms with Crippen LogP contribution in [0, 0.1) is 6.92 Å². The van der Waals surface area contributed by atoms with Crippen molar-refractivity contribution < 1.29 is 14.3 Å². The molecule has 1 fully saturated rings. The zero-order chi connectivity index (χ0) is 25.7. The lowest BCUT2D eigenvalue weighted by molar-refractivity contribution is -0.117. The van der Waals surface area contributed by atoms with E-state index >= 15 is 0 Å². The maximum absolute atomic E-state index is 13.2. The standard InChI is InChI=1S/C28H35N5O3/c1-20-10-8-13-22(16-20)33-18-24(21-11-6-5-7-12-21)29-26(33)30-25(34)19-32(17-23-14-9-15-36-23)27(35)31-28(2,3)4/h5-8,10-13,16,18,23H,9,14-15,17,19H2,1-4H3,(H,31,35)(H,29,30,34). The number of carbonyl (C=O) groups excluding carboxylic acids is 2. The normalized spacial score (nSPS) is 15.5. The minimum atomic E-state index is -0.422. The number of hydrogen-bond acceptors (Lipinski definition) is 4. The molecular weight excluding hydrogens is 454 g/mol. The molecule has 4 rings (SSSR count). The zero-order valence-corrected chi connectivity index (χ0v) is 21.5. The highest BCUT2D eigenvalue weighted by Gasteiger charge is 2.27. The van der Waals surface area contributed by atoms with Gasteiger partial charge in [0.1, 0.15) is 6.54 Å². The lowest BCUT2D eigenvalue weighted by Crippen LogP contribution is -2.52. The van der Waals surface area contributed by atoms with Crippen LogP contribution in [0.5, 0.6) is 0 Å². The van der Waals surface area contributed by atoms with Gasteiger partial charge in [-0.2, -0.15) is 0 Å². The molecule has 0 radical (unpaired) electrons. The van der Waals surface area contributed by atoms with Crippen molar-refractivity contribution in [2.45, 2.75) is 52.2 Å². The molecule has 8 nitrogen and oxygen atoms in total. The third kappa shape index (κ3) is 6.73. The molecule has 3 amide bonds. The Hall–Kier alpha value is -3.65. The van der Waals surface area contributed by atoms with E-state index in [2.05, 4.69) is 10.6 Å². The first-order valence-electron chi connectivity index (χ1n) is 12.4. The van der Waals surface area contributed by atoms with Crippen LogP contribution in [0.1, 0.15) is 39.2 Å². The maximum atomic E-state index is 13.2. The molecule has 2 heterocycles. The summed E-state index contributed by atoms with van der Waals surface area (Å²) in [6.45, 7) is 8.70. The number of urea groups is 1. The minimum absolute atomic E-state index is 0.0671. The Morgan fingerprint density at radius 1 is 1.14 bits per heavy atom. The number of nitrogens with zero attached hydrogens (tertiary/aromatic N) is 3. The van der Waals surface area contributed by atoms with E-state index in [-0.39, 0.29) is 24.6 Å². The molecule has 36 heavy (non-hydrogen) atoms. The largest absolute Gasteiger partial charge is 0.376 e. The van der Waals surface area contributed by atoms with Crippen LogP contribution in [-0.4, -0.2) is 57.7 Å². The fourth-order valence-corrected chi connectivity index (χ4v) is 4.18. The summed E-state index contributed by atoms with van der Waals surface area (Å²) in [5, 5.41) is 5.90. The second-order valence-corrected chi connectivity index (χ2v) is 10.3. The number of imidazole rings is 1. The summed E-state index contributed by atoms with van der Waals surface area (Å²) in [6.07, 6.45) is 3.68. The highest BCUT2D eigenvalue weighted by atomic mass is 16.5. The highest BCUT2D eigenvalue weighted by Crippen LogP contribution is 2.25. The molecule has 2 aromatic carbocycles. The Morgan fingerprint density at radius 2 is 1.92 bits per heavy atom. The van der Waals surface area contributed by atoms with Gasteiger partial charge in [-0.1, -0.05) is 42.5 Å². The summed E-state index contributed by atoms with van der Waals surface area (Å²) < 4.78 is 7.60. The first-order valence-corrected chi connectivity index (χ1v) is 12.4. The average Bonchev–Trinajstić information content (AvgIpc) is 3.48. The molecule has 1 unspecified atom stereocenters. The Bertz CT molecular complexity index is 1190. The number of carbonyl (C=O) groups is 2. The van der Waals surface area contributed by atoms with Crippen molar-refractivity contribution in [3.8, 4) is 16.9 Å². The minimum Gasteiger partial charge on any atom is -0.376 e. The van der Waals surface area contributed by atoms with E-state index in [9.17, 15) is 9.59 Å². The Morgan fingerprint density at radius 3 is 2.58 bits per heavy atom. The predicted octanol–water partition coefficient (Wildman–Crippen LogP) is 4.78. The van der Waals surface area contributed by atoms with E-state index in [0.717, 1.165) is 35.3 Å². The Labute approximate surface area is 212 Å². The van der Waals surface area contributed by atoms with E-state index in [0.29, 0.717) is 19.1 Å². The lowest BCUT2D eigenvalue weighted by Gasteiger charge is -2.29. The third-order valence-corrected chi connectivity index (χ3v) is 5.86. The van der Waals surface area contributed by atoms with Crippen LogP contribution in [0.4, 0.5) is 10.7 Å². The van der Waals surface area contributed by atoms with Gasteiger partial charge < -0.3 is 15.0 Å². The fourth-order valence-electron chi connectivity index (χ4n) is 4.18. The molecule has 0 bridgehead atoms. The van der Waals surface area contributed by atoms with E-state index in [1.807, 2.05) is 93.1 Å². The van der Waals surface area contributed by atoms with Crippen LogP contribution in [-0.2, 0) is 9.53 Å².